The van der Waals surface area contributed by atoms with Crippen molar-refractivity contribution in [3.8, 4) is 0 Å². The summed E-state index contributed by atoms with van der Waals surface area (Å²) in [5.74, 6) is 0.993. The Kier molecular flexibility index (Phi) is 16.5. The maximum atomic E-state index is 4.28. The molecule has 1 aromatic heterocycles. The molecule has 0 fully saturated rings. The summed E-state index contributed by atoms with van der Waals surface area (Å²) in [6, 6.07) is 4.11. The fourth-order valence-corrected chi connectivity index (χ4v) is 1.85. The van der Waals surface area contributed by atoms with Crippen LogP contribution in [0.15, 0.2) is 18.3 Å². The van der Waals surface area contributed by atoms with Crippen LogP contribution in [0.1, 0.15) is 46.1 Å². The van der Waals surface area contributed by atoms with E-state index in [0.717, 1.165) is 25.5 Å². The zero-order valence-electron chi connectivity index (χ0n) is 13.7. The molecule has 0 aromatic carbocycles. The molecule has 4 heteroatoms. The summed E-state index contributed by atoms with van der Waals surface area (Å²) in [5.41, 5.74) is 1.26. The van der Waals surface area contributed by atoms with Gasteiger partial charge in [-0.05, 0) is 57.1 Å². The fourth-order valence-electron chi connectivity index (χ4n) is 1.85. The van der Waals surface area contributed by atoms with Crippen molar-refractivity contribution in [1.82, 2.24) is 9.88 Å². The van der Waals surface area contributed by atoms with Gasteiger partial charge in [-0.1, -0.05) is 27.7 Å². The van der Waals surface area contributed by atoms with Crippen molar-refractivity contribution < 1.29 is 24.0 Å². The van der Waals surface area contributed by atoms with Gasteiger partial charge in [-0.15, -0.1) is 0 Å². The first-order chi connectivity index (χ1) is 9.26. The number of aromatic nitrogens is 1. The molecule has 0 radical (unpaired) electrons. The number of aryl methyl sites for hydroxylation is 1. The van der Waals surface area contributed by atoms with Gasteiger partial charge in [0.2, 0.25) is 0 Å². The fraction of sp³-hybridized carbons (Fsp3) is 0.688. The average Bonchev–Trinajstić information content (AvgIpc) is 2.45. The minimum absolute atomic E-state index is 0. The van der Waals surface area contributed by atoms with E-state index in [1.54, 1.807) is 0 Å². The van der Waals surface area contributed by atoms with Crippen molar-refractivity contribution in [2.45, 2.75) is 47.5 Å². The molecule has 0 saturated heterocycles. The van der Waals surface area contributed by atoms with Gasteiger partial charge < -0.3 is 34.2 Å². The number of unbranched alkanes of at least 4 members (excludes halogenated alkanes) is 1. The number of halogens is 1. The van der Waals surface area contributed by atoms with Crippen LogP contribution in [0.2, 0.25) is 0 Å². The van der Waals surface area contributed by atoms with E-state index in [1.807, 2.05) is 26.1 Å². The number of anilines is 1. The third kappa shape index (κ3) is 10.4. The van der Waals surface area contributed by atoms with E-state index in [4.69, 9.17) is 0 Å². The molecule has 0 bridgehead atoms. The molecule has 0 amide bonds. The lowest BCUT2D eigenvalue weighted by Crippen LogP contribution is -3.00. The summed E-state index contributed by atoms with van der Waals surface area (Å²) in [6.45, 7) is 15.1. The molecule has 1 N–H and O–H groups in total. The summed E-state index contributed by atoms with van der Waals surface area (Å²) < 4.78 is 0. The van der Waals surface area contributed by atoms with Crippen LogP contribution < -0.4 is 29.3 Å². The maximum absolute atomic E-state index is 4.28. The summed E-state index contributed by atoms with van der Waals surface area (Å²) in [6.07, 6.45) is 4.31. The molecule has 0 aliphatic rings. The lowest BCUT2D eigenvalue weighted by molar-refractivity contribution is -0.00000443. The first kappa shape index (κ1) is 21.9. The highest BCUT2D eigenvalue weighted by atomic mass is 127. The van der Waals surface area contributed by atoms with Crippen LogP contribution in [-0.2, 0) is 0 Å². The zero-order valence-corrected chi connectivity index (χ0v) is 15.9. The number of hydrogen-bond donors (Lipinski definition) is 1. The van der Waals surface area contributed by atoms with E-state index in [0.29, 0.717) is 0 Å². The van der Waals surface area contributed by atoms with E-state index in [9.17, 15) is 0 Å². The second-order valence-corrected chi connectivity index (χ2v) is 4.38. The lowest BCUT2D eigenvalue weighted by Gasteiger charge is -2.17. The molecule has 1 rings (SSSR count). The van der Waals surface area contributed by atoms with Gasteiger partial charge in [0.1, 0.15) is 5.82 Å². The molecule has 0 aliphatic heterocycles. The highest BCUT2D eigenvalue weighted by Crippen LogP contribution is 2.05. The molecular weight excluding hydrogens is 361 g/mol. The summed E-state index contributed by atoms with van der Waals surface area (Å²) >= 11 is 0. The smallest absolute Gasteiger partial charge is 0.126 e. The third-order valence-corrected chi connectivity index (χ3v) is 3.02. The van der Waals surface area contributed by atoms with Crippen molar-refractivity contribution in [3.63, 3.8) is 0 Å². The molecular formula is C16H31IN3-. The molecule has 0 spiro atoms. The molecule has 1 aromatic rings. The molecule has 3 nitrogen and oxygen atoms in total. The van der Waals surface area contributed by atoms with Crippen LogP contribution in [0.3, 0.4) is 0 Å². The summed E-state index contributed by atoms with van der Waals surface area (Å²) in [7, 11) is 0. The van der Waals surface area contributed by atoms with Gasteiger partial charge in [0.25, 0.3) is 0 Å². The van der Waals surface area contributed by atoms with Gasteiger partial charge in [-0.2, -0.15) is 0 Å². The number of pyridine rings is 1. The molecule has 118 valence electrons. The van der Waals surface area contributed by atoms with E-state index in [-0.39, 0.29) is 24.0 Å². The van der Waals surface area contributed by atoms with Gasteiger partial charge >= 0.3 is 0 Å². The second kappa shape index (κ2) is 15.0. The first-order valence-corrected chi connectivity index (χ1v) is 7.65. The second-order valence-electron chi connectivity index (χ2n) is 4.38. The maximum Gasteiger partial charge on any atom is 0.126 e. The topological polar surface area (TPSA) is 28.2 Å². The van der Waals surface area contributed by atoms with E-state index in [2.05, 4.69) is 42.0 Å². The van der Waals surface area contributed by atoms with Gasteiger partial charge in [0.15, 0.2) is 0 Å². The summed E-state index contributed by atoms with van der Waals surface area (Å²) in [5, 5.41) is 3.37. The predicted molar refractivity (Wildman–Crippen MR) is 85.8 cm³/mol. The Morgan fingerprint density at radius 1 is 1.15 bits per heavy atom. The Bertz CT molecular complexity index is 314. The quantitative estimate of drug-likeness (QED) is 0.528. The number of nitrogens with one attached hydrogen (secondary N) is 1. The standard InChI is InChI=1S/C14H25N3.C2H6.HI/c1-4-17(5-2)11-7-6-9-15-14-12-13(3)8-10-16-14;1-2;/h8,10,12H,4-7,9,11H2,1-3H3,(H,15,16);1-2H3;1H/p-1. The van der Waals surface area contributed by atoms with Crippen molar-refractivity contribution in [3.05, 3.63) is 23.9 Å². The van der Waals surface area contributed by atoms with E-state index in [1.165, 1.54) is 24.9 Å². The van der Waals surface area contributed by atoms with Crippen LogP contribution in [0.5, 0.6) is 0 Å². The van der Waals surface area contributed by atoms with Gasteiger partial charge in [-0.3, -0.25) is 0 Å². The molecule has 20 heavy (non-hydrogen) atoms. The monoisotopic (exact) mass is 392 g/mol. The Morgan fingerprint density at radius 3 is 2.35 bits per heavy atom. The number of hydrogen-bond acceptors (Lipinski definition) is 3. The average molecular weight is 392 g/mol. The van der Waals surface area contributed by atoms with Crippen molar-refractivity contribution in [2.24, 2.45) is 0 Å². The van der Waals surface area contributed by atoms with Crippen LogP contribution >= 0.6 is 0 Å². The Morgan fingerprint density at radius 2 is 1.80 bits per heavy atom. The normalized spacial score (nSPS) is 9.50. The van der Waals surface area contributed by atoms with Crippen molar-refractivity contribution in [1.29, 1.82) is 0 Å². The Balaban J connectivity index is 0. The molecule has 0 saturated carbocycles. The van der Waals surface area contributed by atoms with Crippen molar-refractivity contribution >= 4 is 5.82 Å². The van der Waals surface area contributed by atoms with Crippen molar-refractivity contribution in [2.75, 3.05) is 31.5 Å². The van der Waals surface area contributed by atoms with Gasteiger partial charge in [0, 0.05) is 12.7 Å². The van der Waals surface area contributed by atoms with E-state index < -0.39 is 0 Å². The lowest BCUT2D eigenvalue weighted by atomic mass is 10.2. The Hall–Kier alpha value is -0.360. The number of nitrogens with zero attached hydrogens (tertiary/aromatic N) is 2. The van der Waals surface area contributed by atoms with Crippen LogP contribution in [0.4, 0.5) is 5.82 Å². The third-order valence-electron chi connectivity index (χ3n) is 3.02. The SMILES string of the molecule is CC.CCN(CC)CCCCNc1cc(C)ccn1.[I-]. The summed E-state index contributed by atoms with van der Waals surface area (Å²) in [4.78, 5) is 6.75. The van der Waals surface area contributed by atoms with Crippen LogP contribution in [0.25, 0.3) is 0 Å². The molecule has 0 atom stereocenters. The van der Waals surface area contributed by atoms with Crippen LogP contribution in [0, 0.1) is 6.92 Å². The minimum Gasteiger partial charge on any atom is -1.00 e. The predicted octanol–water partition coefficient (Wildman–Crippen LogP) is 0.954. The van der Waals surface area contributed by atoms with E-state index >= 15 is 0 Å². The van der Waals surface area contributed by atoms with Gasteiger partial charge in [0.05, 0.1) is 0 Å². The first-order valence-electron chi connectivity index (χ1n) is 7.65. The highest BCUT2D eigenvalue weighted by molar-refractivity contribution is 5.36. The van der Waals surface area contributed by atoms with Crippen LogP contribution in [-0.4, -0.2) is 36.1 Å². The largest absolute Gasteiger partial charge is 1.00 e. The zero-order chi connectivity index (χ0) is 14.5. The molecule has 0 unspecified atom stereocenters. The Labute approximate surface area is 142 Å². The molecule has 0 aliphatic carbocycles. The number of rotatable bonds is 8. The van der Waals surface area contributed by atoms with Gasteiger partial charge in [-0.25, -0.2) is 4.98 Å². The minimum atomic E-state index is 0. The molecule has 1 heterocycles. The highest BCUT2D eigenvalue weighted by Gasteiger charge is 1.98.